The van der Waals surface area contributed by atoms with Crippen molar-refractivity contribution in [3.05, 3.63) is 71.6 Å². The molecule has 0 amide bonds. The fraction of sp³-hybridized carbons (Fsp3) is 0.227. The van der Waals surface area contributed by atoms with Crippen LogP contribution in [-0.4, -0.2) is 22.8 Å². The minimum atomic E-state index is -0.649. The molecule has 0 fully saturated rings. The zero-order chi connectivity index (χ0) is 19.9. The van der Waals surface area contributed by atoms with Crippen LogP contribution >= 0.6 is 0 Å². The second kappa shape index (κ2) is 8.99. The predicted molar refractivity (Wildman–Crippen MR) is 106 cm³/mol. The number of aryl methyl sites for hydroxylation is 1. The molecule has 1 aromatic heterocycles. The van der Waals surface area contributed by atoms with E-state index in [0.717, 1.165) is 22.4 Å². The molecule has 6 nitrogen and oxygen atoms in total. The van der Waals surface area contributed by atoms with Crippen LogP contribution < -0.4 is 4.74 Å². The lowest BCUT2D eigenvalue weighted by atomic mass is 10.1. The molecule has 0 N–H and O–H groups in total. The van der Waals surface area contributed by atoms with Crippen LogP contribution in [0.4, 0.5) is 0 Å². The highest BCUT2D eigenvalue weighted by Gasteiger charge is 2.18. The number of esters is 1. The van der Waals surface area contributed by atoms with Crippen molar-refractivity contribution in [2.45, 2.75) is 26.9 Å². The van der Waals surface area contributed by atoms with E-state index in [1.54, 1.807) is 13.0 Å². The van der Waals surface area contributed by atoms with Crippen molar-refractivity contribution in [3.8, 4) is 17.2 Å². The third-order valence-corrected chi connectivity index (χ3v) is 3.98. The van der Waals surface area contributed by atoms with Gasteiger partial charge in [-0.05, 0) is 56.7 Å². The van der Waals surface area contributed by atoms with Crippen molar-refractivity contribution in [3.63, 3.8) is 0 Å². The van der Waals surface area contributed by atoms with Gasteiger partial charge >= 0.3 is 5.97 Å². The number of carbonyl (C=O) groups excluding carboxylic acids is 1. The predicted octanol–water partition coefficient (Wildman–Crippen LogP) is 4.76. The van der Waals surface area contributed by atoms with E-state index in [1.165, 1.54) is 6.08 Å². The van der Waals surface area contributed by atoms with Crippen LogP contribution in [0.3, 0.4) is 0 Å². The molecule has 0 saturated carbocycles. The number of aromatic nitrogens is 2. The van der Waals surface area contributed by atoms with E-state index in [0.29, 0.717) is 12.5 Å². The Morgan fingerprint density at radius 1 is 1.11 bits per heavy atom. The van der Waals surface area contributed by atoms with Crippen molar-refractivity contribution in [2.24, 2.45) is 0 Å². The summed E-state index contributed by atoms with van der Waals surface area (Å²) in [4.78, 5) is 12.1. The Labute approximate surface area is 163 Å². The average molecular weight is 378 g/mol. The number of hydrogen-bond donors (Lipinski definition) is 0. The molecule has 28 heavy (non-hydrogen) atoms. The normalized spacial score (nSPS) is 12.1. The molecule has 1 heterocycles. The first kappa shape index (κ1) is 19.4. The van der Waals surface area contributed by atoms with Gasteiger partial charge in [-0.2, -0.15) is 0 Å². The molecule has 2 aromatic carbocycles. The zero-order valence-corrected chi connectivity index (χ0v) is 16.1. The summed E-state index contributed by atoms with van der Waals surface area (Å²) < 4.78 is 16.4. The lowest BCUT2D eigenvalue weighted by Crippen LogP contribution is -2.06. The summed E-state index contributed by atoms with van der Waals surface area (Å²) in [5, 5.41) is 8.01. The third kappa shape index (κ3) is 5.07. The standard InChI is InChI=1S/C22H22N2O4/c1-4-26-19-12-7-17(8-13-19)9-14-20(25)27-16(3)21-23-24-22(28-21)18-10-5-15(2)6-11-18/h5-14,16H,4H2,1-3H3/b14-9+/t16-/m1/s1. The van der Waals surface area contributed by atoms with Gasteiger partial charge in [-0.25, -0.2) is 4.79 Å². The number of hydrogen-bond acceptors (Lipinski definition) is 6. The first-order valence-corrected chi connectivity index (χ1v) is 9.07. The lowest BCUT2D eigenvalue weighted by Gasteiger charge is -2.07. The van der Waals surface area contributed by atoms with E-state index in [2.05, 4.69) is 10.2 Å². The Bertz CT molecular complexity index is 943. The molecule has 3 rings (SSSR count). The van der Waals surface area contributed by atoms with Gasteiger partial charge in [0.05, 0.1) is 6.61 Å². The minimum absolute atomic E-state index is 0.249. The van der Waals surface area contributed by atoms with Gasteiger partial charge in [0.1, 0.15) is 5.75 Å². The van der Waals surface area contributed by atoms with Gasteiger partial charge in [0.15, 0.2) is 6.10 Å². The van der Waals surface area contributed by atoms with Crippen molar-refractivity contribution < 1.29 is 18.7 Å². The molecule has 3 aromatic rings. The summed E-state index contributed by atoms with van der Waals surface area (Å²) in [5.74, 6) is 0.939. The van der Waals surface area contributed by atoms with Crippen LogP contribution in [0.1, 0.15) is 37.0 Å². The molecule has 0 spiro atoms. The Morgan fingerprint density at radius 2 is 1.82 bits per heavy atom. The summed E-state index contributed by atoms with van der Waals surface area (Å²) >= 11 is 0. The van der Waals surface area contributed by atoms with Crippen molar-refractivity contribution >= 4 is 12.0 Å². The van der Waals surface area contributed by atoms with Gasteiger partial charge in [-0.3, -0.25) is 0 Å². The fourth-order valence-corrected chi connectivity index (χ4v) is 2.48. The highest BCUT2D eigenvalue weighted by atomic mass is 16.6. The van der Waals surface area contributed by atoms with E-state index >= 15 is 0 Å². The van der Waals surface area contributed by atoms with Gasteiger partial charge in [0.25, 0.3) is 5.89 Å². The molecule has 0 aliphatic rings. The van der Waals surface area contributed by atoms with Gasteiger partial charge in [0.2, 0.25) is 5.89 Å². The monoisotopic (exact) mass is 378 g/mol. The summed E-state index contributed by atoms with van der Waals surface area (Å²) in [6.45, 7) is 6.24. The highest BCUT2D eigenvalue weighted by Crippen LogP contribution is 2.23. The SMILES string of the molecule is CCOc1ccc(/C=C/C(=O)O[C@H](C)c2nnc(-c3ccc(C)cc3)o2)cc1. The van der Waals surface area contributed by atoms with Crippen molar-refractivity contribution in [1.29, 1.82) is 0 Å². The maximum atomic E-state index is 12.1. The first-order chi connectivity index (χ1) is 13.5. The lowest BCUT2D eigenvalue weighted by molar-refractivity contribution is -0.143. The summed E-state index contributed by atoms with van der Waals surface area (Å²) in [7, 11) is 0. The molecule has 0 aliphatic carbocycles. The van der Waals surface area contributed by atoms with E-state index < -0.39 is 12.1 Å². The van der Waals surface area contributed by atoms with Gasteiger partial charge in [-0.1, -0.05) is 29.8 Å². The van der Waals surface area contributed by atoms with E-state index in [9.17, 15) is 4.79 Å². The summed E-state index contributed by atoms with van der Waals surface area (Å²) in [5.41, 5.74) is 2.83. The highest BCUT2D eigenvalue weighted by molar-refractivity contribution is 5.87. The molecule has 0 bridgehead atoms. The molecule has 0 radical (unpaired) electrons. The maximum absolute atomic E-state index is 12.1. The average Bonchev–Trinajstić information content (AvgIpc) is 3.19. The Morgan fingerprint density at radius 3 is 2.50 bits per heavy atom. The number of nitrogens with zero attached hydrogens (tertiary/aromatic N) is 2. The second-order valence-electron chi connectivity index (χ2n) is 6.23. The van der Waals surface area contributed by atoms with Crippen LogP contribution in [0.2, 0.25) is 0 Å². The van der Waals surface area contributed by atoms with E-state index in [-0.39, 0.29) is 5.89 Å². The van der Waals surface area contributed by atoms with E-state index in [4.69, 9.17) is 13.9 Å². The quantitative estimate of drug-likeness (QED) is 0.436. The number of carbonyl (C=O) groups is 1. The Balaban J connectivity index is 1.58. The first-order valence-electron chi connectivity index (χ1n) is 9.07. The third-order valence-electron chi connectivity index (χ3n) is 3.98. The van der Waals surface area contributed by atoms with Gasteiger partial charge in [0, 0.05) is 11.6 Å². The molecular formula is C22H22N2O4. The minimum Gasteiger partial charge on any atom is -0.494 e. The van der Waals surface area contributed by atoms with Crippen LogP contribution in [0, 0.1) is 6.92 Å². The number of ether oxygens (including phenoxy) is 2. The van der Waals surface area contributed by atoms with Crippen LogP contribution in [0.25, 0.3) is 17.5 Å². The summed E-state index contributed by atoms with van der Waals surface area (Å²) in [6, 6.07) is 15.2. The molecular weight excluding hydrogens is 356 g/mol. The molecule has 0 aliphatic heterocycles. The van der Waals surface area contributed by atoms with Crippen LogP contribution in [-0.2, 0) is 9.53 Å². The van der Waals surface area contributed by atoms with Gasteiger partial charge in [-0.15, -0.1) is 10.2 Å². The Hall–Kier alpha value is -3.41. The van der Waals surface area contributed by atoms with E-state index in [1.807, 2.05) is 62.4 Å². The van der Waals surface area contributed by atoms with Crippen molar-refractivity contribution in [1.82, 2.24) is 10.2 Å². The maximum Gasteiger partial charge on any atom is 0.331 e. The molecule has 0 saturated heterocycles. The molecule has 0 unspecified atom stereocenters. The number of rotatable bonds is 7. The molecule has 1 atom stereocenters. The second-order valence-corrected chi connectivity index (χ2v) is 6.23. The Kier molecular flexibility index (Phi) is 6.22. The largest absolute Gasteiger partial charge is 0.494 e. The van der Waals surface area contributed by atoms with Crippen molar-refractivity contribution in [2.75, 3.05) is 6.61 Å². The number of benzene rings is 2. The molecule has 144 valence electrons. The summed E-state index contributed by atoms with van der Waals surface area (Å²) in [6.07, 6.45) is 2.39. The zero-order valence-electron chi connectivity index (χ0n) is 16.1. The van der Waals surface area contributed by atoms with Crippen LogP contribution in [0.15, 0.2) is 59.0 Å². The molecule has 6 heteroatoms. The van der Waals surface area contributed by atoms with Gasteiger partial charge < -0.3 is 13.9 Å². The smallest absolute Gasteiger partial charge is 0.331 e. The topological polar surface area (TPSA) is 74.5 Å². The van der Waals surface area contributed by atoms with Crippen LogP contribution in [0.5, 0.6) is 5.75 Å². The fourth-order valence-electron chi connectivity index (χ4n) is 2.48.